The lowest BCUT2D eigenvalue weighted by molar-refractivity contribution is 0.0697. The SMILES string of the molecule is COCCCN(C)c1c(C(=O)O)cnc2c1cnn2C. The molecule has 7 heteroatoms. The summed E-state index contributed by atoms with van der Waals surface area (Å²) in [6.45, 7) is 1.33. The lowest BCUT2D eigenvalue weighted by Crippen LogP contribution is -2.22. The van der Waals surface area contributed by atoms with Crippen molar-refractivity contribution in [3.8, 4) is 0 Å². The quantitative estimate of drug-likeness (QED) is 0.798. The Balaban J connectivity index is 2.46. The van der Waals surface area contributed by atoms with Gasteiger partial charge in [-0.3, -0.25) is 4.68 Å². The van der Waals surface area contributed by atoms with E-state index in [1.165, 1.54) is 6.20 Å². The second-order valence-corrected chi connectivity index (χ2v) is 4.60. The molecule has 0 amide bonds. The molecule has 2 rings (SSSR count). The second kappa shape index (κ2) is 5.87. The maximum absolute atomic E-state index is 11.4. The average Bonchev–Trinajstić information content (AvgIpc) is 2.79. The Morgan fingerprint density at radius 2 is 2.25 bits per heavy atom. The van der Waals surface area contributed by atoms with E-state index in [9.17, 15) is 9.90 Å². The first kappa shape index (κ1) is 14.3. The monoisotopic (exact) mass is 278 g/mol. The van der Waals surface area contributed by atoms with Crippen LogP contribution in [0.15, 0.2) is 12.4 Å². The summed E-state index contributed by atoms with van der Waals surface area (Å²) in [4.78, 5) is 17.5. The number of pyridine rings is 1. The second-order valence-electron chi connectivity index (χ2n) is 4.60. The molecule has 7 nitrogen and oxygen atoms in total. The summed E-state index contributed by atoms with van der Waals surface area (Å²) in [5.74, 6) is -0.989. The van der Waals surface area contributed by atoms with Crippen molar-refractivity contribution in [3.05, 3.63) is 18.0 Å². The predicted octanol–water partition coefficient (Wildman–Crippen LogP) is 1.14. The van der Waals surface area contributed by atoms with Crippen LogP contribution >= 0.6 is 0 Å². The van der Waals surface area contributed by atoms with Crippen LogP contribution in [0.5, 0.6) is 0 Å². The van der Waals surface area contributed by atoms with Gasteiger partial charge in [0.25, 0.3) is 0 Å². The molecular formula is C13H18N4O3. The molecule has 0 aliphatic carbocycles. The Morgan fingerprint density at radius 3 is 2.90 bits per heavy atom. The van der Waals surface area contributed by atoms with E-state index in [4.69, 9.17) is 4.74 Å². The van der Waals surface area contributed by atoms with Gasteiger partial charge in [0.15, 0.2) is 5.65 Å². The zero-order valence-corrected chi connectivity index (χ0v) is 11.8. The molecule has 0 saturated carbocycles. The van der Waals surface area contributed by atoms with Gasteiger partial charge in [-0.2, -0.15) is 5.10 Å². The third-order valence-corrected chi connectivity index (χ3v) is 3.19. The molecule has 0 bridgehead atoms. The van der Waals surface area contributed by atoms with Crippen LogP contribution in [0.2, 0.25) is 0 Å². The van der Waals surface area contributed by atoms with Crippen molar-refractivity contribution in [1.29, 1.82) is 0 Å². The molecule has 0 unspecified atom stereocenters. The lowest BCUT2D eigenvalue weighted by atomic mass is 10.1. The van der Waals surface area contributed by atoms with Crippen molar-refractivity contribution >= 4 is 22.7 Å². The van der Waals surface area contributed by atoms with Crippen molar-refractivity contribution in [2.75, 3.05) is 32.2 Å². The van der Waals surface area contributed by atoms with Gasteiger partial charge in [0, 0.05) is 40.6 Å². The number of aromatic nitrogens is 3. The summed E-state index contributed by atoms with van der Waals surface area (Å²) in [5, 5.41) is 14.2. The highest BCUT2D eigenvalue weighted by Crippen LogP contribution is 2.28. The zero-order valence-electron chi connectivity index (χ0n) is 11.8. The van der Waals surface area contributed by atoms with Gasteiger partial charge < -0.3 is 14.7 Å². The first-order chi connectivity index (χ1) is 9.56. The van der Waals surface area contributed by atoms with Crippen molar-refractivity contribution in [3.63, 3.8) is 0 Å². The van der Waals surface area contributed by atoms with Gasteiger partial charge in [-0.1, -0.05) is 0 Å². The first-order valence-electron chi connectivity index (χ1n) is 6.30. The third kappa shape index (κ3) is 2.57. The van der Waals surface area contributed by atoms with E-state index in [2.05, 4.69) is 10.1 Å². The summed E-state index contributed by atoms with van der Waals surface area (Å²) in [5.41, 5.74) is 1.50. The van der Waals surface area contributed by atoms with Gasteiger partial charge in [-0.05, 0) is 6.42 Å². The molecule has 20 heavy (non-hydrogen) atoms. The standard InChI is InChI=1S/C13H18N4O3/c1-16(5-4-6-20-3)11-9-8-15-17(2)12(9)14-7-10(11)13(18)19/h7-8H,4-6H2,1-3H3,(H,18,19). The minimum Gasteiger partial charge on any atom is -0.478 e. The van der Waals surface area contributed by atoms with Crippen LogP contribution in [0.25, 0.3) is 11.0 Å². The predicted molar refractivity (Wildman–Crippen MR) is 75.2 cm³/mol. The molecular weight excluding hydrogens is 260 g/mol. The van der Waals surface area contributed by atoms with Crippen molar-refractivity contribution in [1.82, 2.24) is 14.8 Å². The van der Waals surface area contributed by atoms with Gasteiger partial charge in [0.2, 0.25) is 0 Å². The molecule has 0 saturated heterocycles. The van der Waals surface area contributed by atoms with E-state index in [0.29, 0.717) is 24.5 Å². The Kier molecular flexibility index (Phi) is 4.19. The van der Waals surface area contributed by atoms with Gasteiger partial charge in [0.05, 0.1) is 17.3 Å². The van der Waals surface area contributed by atoms with E-state index in [-0.39, 0.29) is 5.56 Å². The number of hydrogen-bond acceptors (Lipinski definition) is 5. The maximum atomic E-state index is 11.4. The molecule has 0 aliphatic heterocycles. The average molecular weight is 278 g/mol. The molecule has 2 aromatic rings. The largest absolute Gasteiger partial charge is 0.478 e. The minimum absolute atomic E-state index is 0.186. The van der Waals surface area contributed by atoms with Crippen LogP contribution in [0.4, 0.5) is 5.69 Å². The Labute approximate surface area is 116 Å². The number of nitrogens with zero attached hydrogens (tertiary/aromatic N) is 4. The fourth-order valence-electron chi connectivity index (χ4n) is 2.21. The minimum atomic E-state index is -0.989. The Morgan fingerprint density at radius 1 is 1.50 bits per heavy atom. The van der Waals surface area contributed by atoms with E-state index in [0.717, 1.165) is 11.8 Å². The highest BCUT2D eigenvalue weighted by Gasteiger charge is 2.19. The molecule has 0 fully saturated rings. The van der Waals surface area contributed by atoms with Gasteiger partial charge in [-0.25, -0.2) is 9.78 Å². The fraction of sp³-hybridized carbons (Fsp3) is 0.462. The van der Waals surface area contributed by atoms with E-state index in [1.807, 2.05) is 11.9 Å². The van der Waals surface area contributed by atoms with Crippen LogP contribution in [0.3, 0.4) is 0 Å². The van der Waals surface area contributed by atoms with Crippen LogP contribution in [0.1, 0.15) is 16.8 Å². The summed E-state index contributed by atoms with van der Waals surface area (Å²) in [6, 6.07) is 0. The topological polar surface area (TPSA) is 80.5 Å². The highest BCUT2D eigenvalue weighted by atomic mass is 16.5. The van der Waals surface area contributed by atoms with Crippen LogP contribution in [-0.4, -0.2) is 53.1 Å². The van der Waals surface area contributed by atoms with Crippen LogP contribution in [0, 0.1) is 0 Å². The van der Waals surface area contributed by atoms with E-state index >= 15 is 0 Å². The number of methoxy groups -OCH3 is 1. The summed E-state index contributed by atoms with van der Waals surface area (Å²) in [7, 11) is 5.29. The lowest BCUT2D eigenvalue weighted by Gasteiger charge is -2.21. The number of carboxylic acid groups (broad SMARTS) is 1. The Hall–Kier alpha value is -2.15. The van der Waals surface area contributed by atoms with Crippen molar-refractivity contribution < 1.29 is 14.6 Å². The number of rotatable bonds is 6. The maximum Gasteiger partial charge on any atom is 0.339 e. The number of anilines is 1. The van der Waals surface area contributed by atoms with E-state index in [1.54, 1.807) is 25.0 Å². The zero-order chi connectivity index (χ0) is 14.7. The molecule has 0 atom stereocenters. The number of carboxylic acids is 1. The van der Waals surface area contributed by atoms with Gasteiger partial charge >= 0.3 is 5.97 Å². The summed E-state index contributed by atoms with van der Waals surface area (Å²) < 4.78 is 6.66. The molecule has 0 aliphatic rings. The number of aryl methyl sites for hydroxylation is 1. The molecule has 108 valence electrons. The van der Waals surface area contributed by atoms with Crippen LogP contribution in [-0.2, 0) is 11.8 Å². The molecule has 2 heterocycles. The molecule has 1 N–H and O–H groups in total. The summed E-state index contributed by atoms with van der Waals surface area (Å²) in [6.07, 6.45) is 3.85. The van der Waals surface area contributed by atoms with Crippen molar-refractivity contribution in [2.24, 2.45) is 7.05 Å². The molecule has 0 radical (unpaired) electrons. The molecule has 2 aromatic heterocycles. The van der Waals surface area contributed by atoms with Crippen molar-refractivity contribution in [2.45, 2.75) is 6.42 Å². The Bertz CT molecular complexity index is 623. The van der Waals surface area contributed by atoms with Gasteiger partial charge in [0.1, 0.15) is 5.56 Å². The van der Waals surface area contributed by atoms with Gasteiger partial charge in [-0.15, -0.1) is 0 Å². The molecule has 0 spiro atoms. The molecule has 0 aromatic carbocycles. The number of fused-ring (bicyclic) bond motifs is 1. The number of hydrogen-bond donors (Lipinski definition) is 1. The highest BCUT2D eigenvalue weighted by molar-refractivity contribution is 6.03. The third-order valence-electron chi connectivity index (χ3n) is 3.19. The summed E-state index contributed by atoms with van der Waals surface area (Å²) >= 11 is 0. The fourth-order valence-corrected chi connectivity index (χ4v) is 2.21. The first-order valence-corrected chi connectivity index (χ1v) is 6.30. The normalized spacial score (nSPS) is 10.9. The number of ether oxygens (including phenoxy) is 1. The smallest absolute Gasteiger partial charge is 0.339 e. The number of carbonyl (C=O) groups is 1. The number of aromatic carboxylic acids is 1. The van der Waals surface area contributed by atoms with Crippen LogP contribution < -0.4 is 4.90 Å². The van der Waals surface area contributed by atoms with E-state index < -0.39 is 5.97 Å².